The number of furan rings is 1. The van der Waals surface area contributed by atoms with Crippen molar-refractivity contribution in [1.82, 2.24) is 10.4 Å². The van der Waals surface area contributed by atoms with Crippen molar-refractivity contribution in [3.05, 3.63) is 52.0 Å². The summed E-state index contributed by atoms with van der Waals surface area (Å²) in [5.41, 5.74) is 3.68. The van der Waals surface area contributed by atoms with Crippen LogP contribution in [0.25, 0.3) is 0 Å². The van der Waals surface area contributed by atoms with Gasteiger partial charge in [0.1, 0.15) is 17.3 Å². The van der Waals surface area contributed by atoms with Gasteiger partial charge in [0.2, 0.25) is 5.76 Å². The van der Waals surface area contributed by atoms with Gasteiger partial charge in [0, 0.05) is 19.6 Å². The van der Waals surface area contributed by atoms with Crippen LogP contribution in [-0.2, 0) is 4.74 Å². The summed E-state index contributed by atoms with van der Waals surface area (Å²) in [5.74, 6) is -1.71. The Kier molecular flexibility index (Phi) is 5.23. The molecule has 0 unspecified atom stereocenters. The van der Waals surface area contributed by atoms with Gasteiger partial charge in [0.15, 0.2) is 0 Å². The number of hydrazine groups is 1. The second-order valence-electron chi connectivity index (χ2n) is 6.65. The molecule has 2 aliphatic rings. The Morgan fingerprint density at radius 3 is 2.67 bits per heavy atom. The fourth-order valence-corrected chi connectivity index (χ4v) is 3.37. The summed E-state index contributed by atoms with van der Waals surface area (Å²) >= 11 is 0. The van der Waals surface area contributed by atoms with E-state index in [0.29, 0.717) is 37.6 Å². The second kappa shape index (κ2) is 7.99. The van der Waals surface area contributed by atoms with E-state index in [1.807, 2.05) is 0 Å². The van der Waals surface area contributed by atoms with Crippen LogP contribution in [0.3, 0.4) is 0 Å². The van der Waals surface area contributed by atoms with Crippen LogP contribution < -0.4 is 15.2 Å². The molecule has 2 amide bonds. The van der Waals surface area contributed by atoms with Crippen LogP contribution in [0.2, 0.25) is 0 Å². The molecule has 4 rings (SSSR count). The average Bonchev–Trinajstić information content (AvgIpc) is 3.31. The van der Waals surface area contributed by atoms with E-state index in [0.717, 1.165) is 6.07 Å². The molecule has 30 heavy (non-hydrogen) atoms. The molecule has 0 aliphatic carbocycles. The Bertz CT molecular complexity index is 995. The van der Waals surface area contributed by atoms with Gasteiger partial charge in [-0.1, -0.05) is 0 Å². The minimum absolute atomic E-state index is 0.157. The predicted octanol–water partition coefficient (Wildman–Crippen LogP) is 1.75. The smallest absolute Gasteiger partial charge is 0.433 e. The van der Waals surface area contributed by atoms with Crippen molar-refractivity contribution in [2.24, 2.45) is 0 Å². The largest absolute Gasteiger partial charge is 0.447 e. The molecular weight excluding hydrogens is 401 g/mol. The predicted molar refractivity (Wildman–Crippen MR) is 102 cm³/mol. The van der Waals surface area contributed by atoms with Crippen LogP contribution in [0.4, 0.5) is 26.4 Å². The standard InChI is InChI=1S/C18H18FN5O6/c19-13-11-12(22-9-10-29-18(22)26)1-2-14(13)21-6-5-20-23(8-7-21)17(25)15-3-4-16(30-15)24(27)28/h1-4,11,20H,5-10H2. The molecule has 1 N–H and O–H groups in total. The molecule has 2 aromatic rings. The van der Waals surface area contributed by atoms with E-state index in [-0.39, 0.29) is 18.9 Å². The third-order valence-corrected chi connectivity index (χ3v) is 4.85. The van der Waals surface area contributed by atoms with Gasteiger partial charge < -0.3 is 14.1 Å². The number of halogens is 1. The maximum Gasteiger partial charge on any atom is 0.433 e. The number of nitro groups is 1. The highest BCUT2D eigenvalue weighted by Gasteiger charge is 2.27. The number of hydrogen-bond donors (Lipinski definition) is 1. The third kappa shape index (κ3) is 3.76. The number of amides is 2. The van der Waals surface area contributed by atoms with E-state index in [2.05, 4.69) is 5.43 Å². The molecule has 0 atom stereocenters. The van der Waals surface area contributed by atoms with Crippen molar-refractivity contribution >= 4 is 29.3 Å². The minimum Gasteiger partial charge on any atom is -0.447 e. The van der Waals surface area contributed by atoms with E-state index < -0.39 is 28.6 Å². The lowest BCUT2D eigenvalue weighted by Gasteiger charge is -2.24. The maximum absolute atomic E-state index is 14.7. The van der Waals surface area contributed by atoms with Gasteiger partial charge in [-0.05, 0) is 24.3 Å². The number of rotatable bonds is 4. The number of carbonyl (C=O) groups is 2. The van der Waals surface area contributed by atoms with Crippen LogP contribution in [0, 0.1) is 15.9 Å². The van der Waals surface area contributed by atoms with Crippen LogP contribution in [0.5, 0.6) is 0 Å². The Morgan fingerprint density at radius 2 is 2.00 bits per heavy atom. The molecule has 0 radical (unpaired) electrons. The van der Waals surface area contributed by atoms with Gasteiger partial charge in [0.05, 0.1) is 30.5 Å². The first-order valence-corrected chi connectivity index (χ1v) is 9.22. The van der Waals surface area contributed by atoms with E-state index in [1.54, 1.807) is 17.0 Å². The molecule has 158 valence electrons. The summed E-state index contributed by atoms with van der Waals surface area (Å²) in [6, 6.07) is 6.87. The Hall–Kier alpha value is -3.67. The Labute approximate surface area is 169 Å². The number of ether oxygens (including phenoxy) is 1. The SMILES string of the molecule is O=C(c1ccc([N+](=O)[O-])o1)N1CCN(c2ccc(N3CCOC3=O)cc2F)CCN1. The lowest BCUT2D eigenvalue weighted by Crippen LogP contribution is -2.43. The number of hydrogen-bond acceptors (Lipinski definition) is 8. The van der Waals surface area contributed by atoms with E-state index >= 15 is 0 Å². The second-order valence-corrected chi connectivity index (χ2v) is 6.65. The lowest BCUT2D eigenvalue weighted by atomic mass is 10.2. The Morgan fingerprint density at radius 1 is 1.17 bits per heavy atom. The Balaban J connectivity index is 1.44. The minimum atomic E-state index is -0.720. The summed E-state index contributed by atoms with van der Waals surface area (Å²) in [7, 11) is 0. The molecule has 0 saturated carbocycles. The average molecular weight is 419 g/mol. The number of cyclic esters (lactones) is 1. The highest BCUT2D eigenvalue weighted by atomic mass is 19.1. The fraction of sp³-hybridized carbons (Fsp3) is 0.333. The quantitative estimate of drug-likeness (QED) is 0.588. The lowest BCUT2D eigenvalue weighted by molar-refractivity contribution is -0.402. The molecule has 12 heteroatoms. The van der Waals surface area contributed by atoms with Crippen LogP contribution >= 0.6 is 0 Å². The third-order valence-electron chi connectivity index (χ3n) is 4.85. The molecule has 2 saturated heterocycles. The van der Waals surface area contributed by atoms with Crippen molar-refractivity contribution in [3.8, 4) is 0 Å². The summed E-state index contributed by atoms with van der Waals surface area (Å²) in [6.45, 7) is 1.92. The zero-order valence-electron chi connectivity index (χ0n) is 15.7. The van der Waals surface area contributed by atoms with Gasteiger partial charge in [0.25, 0.3) is 0 Å². The van der Waals surface area contributed by atoms with E-state index in [4.69, 9.17) is 9.15 Å². The number of nitrogens with one attached hydrogen (secondary N) is 1. The van der Waals surface area contributed by atoms with Crippen molar-refractivity contribution < 1.29 is 28.1 Å². The first-order chi connectivity index (χ1) is 14.4. The number of nitrogens with zero attached hydrogens (tertiary/aromatic N) is 4. The summed E-state index contributed by atoms with van der Waals surface area (Å²) < 4.78 is 24.6. The van der Waals surface area contributed by atoms with Gasteiger partial charge >= 0.3 is 17.9 Å². The highest BCUT2D eigenvalue weighted by molar-refractivity contribution is 5.91. The fourth-order valence-electron chi connectivity index (χ4n) is 3.37. The monoisotopic (exact) mass is 419 g/mol. The molecule has 3 heterocycles. The maximum atomic E-state index is 14.7. The topological polar surface area (TPSA) is 121 Å². The molecule has 2 aliphatic heterocycles. The van der Waals surface area contributed by atoms with E-state index in [9.17, 15) is 24.1 Å². The molecule has 2 fully saturated rings. The molecule has 1 aromatic heterocycles. The number of anilines is 2. The van der Waals surface area contributed by atoms with Crippen molar-refractivity contribution in [1.29, 1.82) is 0 Å². The van der Waals surface area contributed by atoms with E-state index in [1.165, 1.54) is 22.0 Å². The molecule has 0 spiro atoms. The van der Waals surface area contributed by atoms with Gasteiger partial charge in [-0.2, -0.15) is 0 Å². The van der Waals surface area contributed by atoms with Crippen LogP contribution in [-0.4, -0.2) is 61.3 Å². The van der Waals surface area contributed by atoms with Crippen LogP contribution in [0.15, 0.2) is 34.7 Å². The first-order valence-electron chi connectivity index (χ1n) is 9.22. The zero-order chi connectivity index (χ0) is 21.3. The van der Waals surface area contributed by atoms with Crippen molar-refractivity contribution in [2.45, 2.75) is 0 Å². The highest BCUT2D eigenvalue weighted by Crippen LogP contribution is 2.27. The molecule has 11 nitrogen and oxygen atoms in total. The molecule has 1 aromatic carbocycles. The van der Waals surface area contributed by atoms with Crippen molar-refractivity contribution in [3.63, 3.8) is 0 Å². The van der Waals surface area contributed by atoms with Gasteiger partial charge in [-0.15, -0.1) is 0 Å². The first kappa shape index (κ1) is 19.6. The van der Waals surface area contributed by atoms with Crippen molar-refractivity contribution in [2.75, 3.05) is 49.1 Å². The normalized spacial score (nSPS) is 17.1. The molecular formula is C18H18FN5O6. The van der Waals surface area contributed by atoms with Gasteiger partial charge in [-0.25, -0.2) is 14.6 Å². The summed E-state index contributed by atoms with van der Waals surface area (Å²) in [6.07, 6.45) is -0.506. The zero-order valence-corrected chi connectivity index (χ0v) is 15.7. The number of carbonyl (C=O) groups excluding carboxylic acids is 2. The van der Waals surface area contributed by atoms with Crippen LogP contribution in [0.1, 0.15) is 10.6 Å². The number of benzene rings is 1. The summed E-state index contributed by atoms with van der Waals surface area (Å²) in [5, 5.41) is 12.0. The molecule has 0 bridgehead atoms. The van der Waals surface area contributed by atoms with Gasteiger partial charge in [-0.3, -0.25) is 24.8 Å². The summed E-state index contributed by atoms with van der Waals surface area (Å²) in [4.78, 5) is 37.3.